The van der Waals surface area contributed by atoms with Crippen LogP contribution in [0, 0.1) is 5.92 Å². The Morgan fingerprint density at radius 3 is 2.86 bits per heavy atom. The number of hydrogen-bond donors (Lipinski definition) is 1. The van der Waals surface area contributed by atoms with Gasteiger partial charge in [0.05, 0.1) is 20.3 Å². The van der Waals surface area contributed by atoms with Crippen LogP contribution in [0.15, 0.2) is 41.5 Å². The normalized spacial score (nSPS) is 23.9. The number of nitrogens with one attached hydrogen (secondary N) is 1. The van der Waals surface area contributed by atoms with Crippen LogP contribution in [0.3, 0.4) is 0 Å². The van der Waals surface area contributed by atoms with Crippen molar-refractivity contribution in [1.82, 2.24) is 10.2 Å². The molecule has 2 fully saturated rings. The molecule has 0 spiro atoms. The van der Waals surface area contributed by atoms with Crippen molar-refractivity contribution in [3.63, 3.8) is 0 Å². The minimum absolute atomic E-state index is 0.441. The van der Waals surface area contributed by atoms with Gasteiger partial charge in [0.15, 0.2) is 0 Å². The Bertz CT molecular complexity index is 749. The molecule has 0 radical (unpaired) electrons. The second-order valence-corrected chi connectivity index (χ2v) is 8.63. The van der Waals surface area contributed by atoms with Gasteiger partial charge in [-0.05, 0) is 36.0 Å². The maximum atomic E-state index is 5.69. The van der Waals surface area contributed by atoms with Crippen molar-refractivity contribution < 1.29 is 9.47 Å². The zero-order chi connectivity index (χ0) is 19.5. The van der Waals surface area contributed by atoms with E-state index in [0.717, 1.165) is 45.1 Å². The van der Waals surface area contributed by atoms with E-state index in [-0.39, 0.29) is 0 Å². The maximum absolute atomic E-state index is 5.69. The third-order valence-corrected chi connectivity index (χ3v) is 6.36. The summed E-state index contributed by atoms with van der Waals surface area (Å²) in [5.41, 5.74) is 5.79. The molecule has 4 nitrogen and oxygen atoms in total. The summed E-state index contributed by atoms with van der Waals surface area (Å²) in [4.78, 5) is 2.58. The number of rotatable bonds is 6. The standard InChI is InChI=1S/C24H34N2O2/c1-17(2)20-6-4-5-7-22(20)23-14-26(11-10-25-23)13-18-8-9-21(19-15-28-16-19)24(12-18)27-3/h5,7-9,12,17,19,23,25H,4,6,10-11,13-16H2,1-3H3/t23-/m0/s1. The molecule has 1 aromatic carbocycles. The largest absolute Gasteiger partial charge is 0.496 e. The van der Waals surface area contributed by atoms with E-state index in [1.807, 2.05) is 0 Å². The molecule has 2 saturated heterocycles. The lowest BCUT2D eigenvalue weighted by Crippen LogP contribution is -2.51. The van der Waals surface area contributed by atoms with Crippen molar-refractivity contribution in [3.8, 4) is 5.75 Å². The molecule has 0 aromatic heterocycles. The van der Waals surface area contributed by atoms with Gasteiger partial charge in [-0.1, -0.05) is 43.7 Å². The summed E-state index contributed by atoms with van der Waals surface area (Å²) in [6.45, 7) is 10.5. The Hall–Kier alpha value is -1.62. The van der Waals surface area contributed by atoms with Crippen molar-refractivity contribution in [3.05, 3.63) is 52.6 Å². The zero-order valence-corrected chi connectivity index (χ0v) is 17.5. The first-order valence-corrected chi connectivity index (χ1v) is 10.8. The van der Waals surface area contributed by atoms with E-state index in [2.05, 4.69) is 54.4 Å². The molecule has 28 heavy (non-hydrogen) atoms. The topological polar surface area (TPSA) is 33.7 Å². The number of allylic oxidation sites excluding steroid dienone is 2. The average molecular weight is 383 g/mol. The summed E-state index contributed by atoms with van der Waals surface area (Å²) in [7, 11) is 1.78. The molecular weight excluding hydrogens is 348 g/mol. The Morgan fingerprint density at radius 1 is 1.29 bits per heavy atom. The summed E-state index contributed by atoms with van der Waals surface area (Å²) in [6.07, 6.45) is 7.12. The first-order chi connectivity index (χ1) is 13.7. The van der Waals surface area contributed by atoms with Gasteiger partial charge < -0.3 is 14.8 Å². The van der Waals surface area contributed by atoms with Crippen LogP contribution in [0.4, 0.5) is 0 Å². The summed E-state index contributed by atoms with van der Waals surface area (Å²) in [5.74, 6) is 2.13. The second-order valence-electron chi connectivity index (χ2n) is 8.63. The van der Waals surface area contributed by atoms with E-state index in [1.165, 1.54) is 29.5 Å². The molecule has 2 heterocycles. The lowest BCUT2D eigenvalue weighted by molar-refractivity contribution is 0.00751. The number of piperazine rings is 1. The van der Waals surface area contributed by atoms with Crippen LogP contribution in [-0.4, -0.2) is 50.9 Å². The van der Waals surface area contributed by atoms with E-state index in [4.69, 9.17) is 9.47 Å². The smallest absolute Gasteiger partial charge is 0.122 e. The van der Waals surface area contributed by atoms with Crippen LogP contribution < -0.4 is 10.1 Å². The number of benzene rings is 1. The maximum Gasteiger partial charge on any atom is 0.122 e. The highest BCUT2D eigenvalue weighted by molar-refractivity contribution is 5.41. The fourth-order valence-corrected chi connectivity index (χ4v) is 4.69. The number of hydrogen-bond acceptors (Lipinski definition) is 4. The SMILES string of the molecule is COc1cc(CN2CCN[C@H](C3=C(C(C)C)CCC=C3)C2)ccc1C1COC1. The van der Waals surface area contributed by atoms with Crippen LogP contribution >= 0.6 is 0 Å². The Kier molecular flexibility index (Phi) is 6.19. The van der Waals surface area contributed by atoms with E-state index in [1.54, 1.807) is 12.7 Å². The predicted octanol–water partition coefficient (Wildman–Crippen LogP) is 3.89. The third kappa shape index (κ3) is 4.19. The monoisotopic (exact) mass is 382 g/mol. The summed E-state index contributed by atoms with van der Waals surface area (Å²) < 4.78 is 11.0. The average Bonchev–Trinajstić information content (AvgIpc) is 2.68. The number of nitrogens with zero attached hydrogens (tertiary/aromatic N) is 1. The van der Waals surface area contributed by atoms with Gasteiger partial charge in [0.2, 0.25) is 0 Å². The number of methoxy groups -OCH3 is 1. The summed E-state index contributed by atoms with van der Waals surface area (Å²) >= 11 is 0. The van der Waals surface area contributed by atoms with Crippen LogP contribution in [0.25, 0.3) is 0 Å². The Labute approximate surface area is 169 Å². The van der Waals surface area contributed by atoms with Crippen molar-refractivity contribution in [1.29, 1.82) is 0 Å². The molecule has 1 aliphatic carbocycles. The van der Waals surface area contributed by atoms with Gasteiger partial charge in [-0.15, -0.1) is 0 Å². The highest BCUT2D eigenvalue weighted by Crippen LogP contribution is 2.33. The molecular formula is C24H34N2O2. The fourth-order valence-electron chi connectivity index (χ4n) is 4.69. The number of ether oxygens (including phenoxy) is 2. The minimum atomic E-state index is 0.441. The van der Waals surface area contributed by atoms with Crippen LogP contribution in [0.5, 0.6) is 5.75 Å². The molecule has 4 heteroatoms. The molecule has 3 aliphatic rings. The van der Waals surface area contributed by atoms with Gasteiger partial charge in [-0.25, -0.2) is 0 Å². The molecule has 0 bridgehead atoms. The minimum Gasteiger partial charge on any atom is -0.496 e. The van der Waals surface area contributed by atoms with Crippen molar-refractivity contribution in [2.45, 2.75) is 45.2 Å². The van der Waals surface area contributed by atoms with Crippen molar-refractivity contribution >= 4 is 0 Å². The predicted molar refractivity (Wildman–Crippen MR) is 114 cm³/mol. The molecule has 1 atom stereocenters. The van der Waals surface area contributed by atoms with E-state index in [9.17, 15) is 0 Å². The van der Waals surface area contributed by atoms with Crippen LogP contribution in [-0.2, 0) is 11.3 Å². The van der Waals surface area contributed by atoms with Gasteiger partial charge in [-0.3, -0.25) is 4.90 Å². The molecule has 4 rings (SSSR count). The first-order valence-electron chi connectivity index (χ1n) is 10.8. The third-order valence-electron chi connectivity index (χ3n) is 6.36. The zero-order valence-electron chi connectivity index (χ0n) is 17.5. The van der Waals surface area contributed by atoms with E-state index in [0.29, 0.717) is 17.9 Å². The summed E-state index contributed by atoms with van der Waals surface area (Å²) in [6, 6.07) is 7.18. The first kappa shape index (κ1) is 19.7. The fraction of sp³-hybridized carbons (Fsp3) is 0.583. The Morgan fingerprint density at radius 2 is 2.14 bits per heavy atom. The molecule has 0 unspecified atom stereocenters. The lowest BCUT2D eigenvalue weighted by atomic mass is 9.85. The molecule has 0 saturated carbocycles. The molecule has 0 amide bonds. The van der Waals surface area contributed by atoms with Gasteiger partial charge in [-0.2, -0.15) is 0 Å². The van der Waals surface area contributed by atoms with Gasteiger partial charge in [0, 0.05) is 43.7 Å². The van der Waals surface area contributed by atoms with E-state index >= 15 is 0 Å². The highest BCUT2D eigenvalue weighted by atomic mass is 16.5. The van der Waals surface area contributed by atoms with Crippen LogP contribution in [0.1, 0.15) is 43.7 Å². The van der Waals surface area contributed by atoms with E-state index < -0.39 is 0 Å². The van der Waals surface area contributed by atoms with Crippen molar-refractivity contribution in [2.75, 3.05) is 40.0 Å². The second kappa shape index (κ2) is 8.81. The molecule has 152 valence electrons. The lowest BCUT2D eigenvalue weighted by Gasteiger charge is -2.36. The van der Waals surface area contributed by atoms with Crippen LogP contribution in [0.2, 0.25) is 0 Å². The molecule has 1 aromatic rings. The summed E-state index contributed by atoms with van der Waals surface area (Å²) in [5, 5.41) is 3.76. The molecule has 1 N–H and O–H groups in total. The quantitative estimate of drug-likeness (QED) is 0.809. The van der Waals surface area contributed by atoms with Gasteiger partial charge >= 0.3 is 0 Å². The highest BCUT2D eigenvalue weighted by Gasteiger charge is 2.27. The molecule has 2 aliphatic heterocycles. The van der Waals surface area contributed by atoms with Gasteiger partial charge in [0.25, 0.3) is 0 Å². The van der Waals surface area contributed by atoms with Gasteiger partial charge in [0.1, 0.15) is 5.75 Å². The van der Waals surface area contributed by atoms with Crippen molar-refractivity contribution in [2.24, 2.45) is 5.92 Å². The Balaban J connectivity index is 1.46.